The fraction of sp³-hybridized carbons (Fsp3) is 0.422. The Morgan fingerprint density at radius 2 is 0.557 bits per heavy atom. The fourth-order valence-corrected chi connectivity index (χ4v) is 8.48. The van der Waals surface area contributed by atoms with Crippen LogP contribution in [0.2, 0.25) is 0 Å². The van der Waals surface area contributed by atoms with Gasteiger partial charge in [0, 0.05) is 74.1 Å². The number of hydrogen-bond donors (Lipinski definition) is 2. The molecular weight excluding hydrogens is 1380 g/mol. The van der Waals surface area contributed by atoms with E-state index >= 15 is 0 Å². The predicted molar refractivity (Wildman–Crippen MR) is 318 cm³/mol. The Kier molecular flexibility index (Phi) is 44.6. The van der Waals surface area contributed by atoms with Crippen molar-refractivity contribution in [3.63, 3.8) is 0 Å². The summed E-state index contributed by atoms with van der Waals surface area (Å²) < 4.78 is 57.5. The summed E-state index contributed by atoms with van der Waals surface area (Å²) in [6.45, 7) is 40.5. The fourth-order valence-electron chi connectivity index (χ4n) is 8.48. The number of halogens is 6. The minimum Gasteiger partial charge on any atom is -0.479 e. The first-order chi connectivity index (χ1) is 34.6. The van der Waals surface area contributed by atoms with Gasteiger partial charge in [-0.05, 0) is 129 Å². The number of anilines is 4. The van der Waals surface area contributed by atoms with Crippen LogP contribution in [0, 0.1) is 55.4 Å². The minimum atomic E-state index is -3.08. The van der Waals surface area contributed by atoms with Crippen LogP contribution in [0.4, 0.5) is 49.1 Å². The van der Waals surface area contributed by atoms with Crippen molar-refractivity contribution in [1.82, 2.24) is 0 Å². The maximum Gasteiger partial charge on any atom is 0.154 e. The number of para-hydroxylation sites is 4. The average molecular weight is 1480 g/mol. The van der Waals surface area contributed by atoms with Crippen molar-refractivity contribution in [1.29, 1.82) is 0 Å². The summed E-state index contributed by atoms with van der Waals surface area (Å²) in [6.07, 6.45) is 8.56. The number of carbonyl (C=O) groups excluding carboxylic acids is 1. The summed E-state index contributed by atoms with van der Waals surface area (Å²) in [6, 6.07) is 27.0. The molecule has 0 saturated carbocycles. The number of aliphatic hydroxyl groups is 2. The van der Waals surface area contributed by atoms with E-state index in [1.165, 1.54) is 67.3 Å². The summed E-state index contributed by atoms with van der Waals surface area (Å²) in [5.74, 6) is 3.84. The SMILES string of the molecule is C.CC(C)c1cccc(C(C)C)c1N1C=CN(c2c(C(C)C)cccc2C(C)C)[CH-]1.CC(C)c1cccc(C(C)C)c1N1C=CN(c2c(C(C)C)cccc2C(C)C)[CH-]1.F[C-](F)F.F[C-](F)F.[Au].[Au].[CH2-]C(O)CO.[CH2-]C=O.[CH3-].[CH3-]. The smallest absolute Gasteiger partial charge is 0.154 e. The van der Waals surface area contributed by atoms with Crippen molar-refractivity contribution < 1.29 is 86.1 Å². The first-order valence-corrected chi connectivity index (χ1v) is 25.3. The summed E-state index contributed by atoms with van der Waals surface area (Å²) in [5.41, 5.74) is 16.6. The topological polar surface area (TPSA) is 70.5 Å². The molecule has 0 saturated heterocycles. The molecule has 2 heterocycles. The molecule has 15 heteroatoms. The zero-order chi connectivity index (χ0) is 56.7. The molecule has 4 aromatic rings. The van der Waals surface area contributed by atoms with E-state index in [4.69, 9.17) is 15.0 Å². The number of hydrogen-bond acceptors (Lipinski definition) is 7. The van der Waals surface area contributed by atoms with E-state index in [1.54, 1.807) is 0 Å². The molecule has 1 unspecified atom stereocenters. The quantitative estimate of drug-likeness (QED) is 0.0598. The third-order valence-electron chi connectivity index (χ3n) is 11.9. The van der Waals surface area contributed by atoms with Crippen LogP contribution in [-0.2, 0) is 49.6 Å². The first-order valence-electron chi connectivity index (χ1n) is 25.3. The van der Waals surface area contributed by atoms with Gasteiger partial charge in [-0.25, -0.2) is 0 Å². The molecule has 0 fully saturated rings. The third-order valence-corrected chi connectivity index (χ3v) is 11.9. The number of rotatable bonds is 13. The third kappa shape index (κ3) is 26.7. The van der Waals surface area contributed by atoms with E-state index in [9.17, 15) is 26.3 Å². The largest absolute Gasteiger partial charge is 0.479 e. The van der Waals surface area contributed by atoms with Gasteiger partial charge in [0.1, 0.15) is 0 Å². The second-order valence-corrected chi connectivity index (χ2v) is 20.3. The minimum absolute atomic E-state index is 0. The number of aliphatic hydroxyl groups excluding tert-OH is 2. The van der Waals surface area contributed by atoms with Crippen LogP contribution >= 0.6 is 0 Å². The molecule has 2 radical (unpaired) electrons. The zero-order valence-corrected chi connectivity index (χ0v) is 53.6. The van der Waals surface area contributed by atoms with Crippen LogP contribution in [0.25, 0.3) is 0 Å². The first kappa shape index (κ1) is 83.9. The Balaban J connectivity index is -0.000000345. The molecule has 0 bridgehead atoms. The van der Waals surface area contributed by atoms with Crippen LogP contribution in [0.1, 0.15) is 210 Å². The van der Waals surface area contributed by atoms with E-state index in [2.05, 4.69) is 255 Å². The Morgan fingerprint density at radius 3 is 0.646 bits per heavy atom. The van der Waals surface area contributed by atoms with E-state index in [-0.39, 0.29) is 73.6 Å². The molecular formula is C64H94Au2F6N4O3-8. The molecule has 1 atom stereocenters. The molecule has 0 spiro atoms. The molecule has 2 N–H and O–H groups in total. The normalized spacial score (nSPS) is 12.5. The number of aldehydes is 1. The van der Waals surface area contributed by atoms with Crippen LogP contribution in [-0.4, -0.2) is 29.2 Å². The second-order valence-electron chi connectivity index (χ2n) is 20.3. The van der Waals surface area contributed by atoms with Crippen molar-refractivity contribution in [3.05, 3.63) is 198 Å². The molecule has 0 aromatic heterocycles. The Labute approximate surface area is 507 Å². The van der Waals surface area contributed by atoms with Gasteiger partial charge in [-0.1, -0.05) is 191 Å². The second kappa shape index (κ2) is 42.0. The molecule has 79 heavy (non-hydrogen) atoms. The van der Waals surface area contributed by atoms with Gasteiger partial charge in [0.15, 0.2) is 13.4 Å². The number of carbonyl (C=O) groups is 1. The van der Waals surface area contributed by atoms with Gasteiger partial charge in [-0.15, -0.1) is 13.3 Å². The van der Waals surface area contributed by atoms with Crippen molar-refractivity contribution in [2.24, 2.45) is 0 Å². The van der Waals surface area contributed by atoms with Gasteiger partial charge >= 0.3 is 0 Å². The molecule has 6 rings (SSSR count). The van der Waals surface area contributed by atoms with Gasteiger partial charge in [0.05, 0.1) is 0 Å². The number of benzene rings is 4. The maximum absolute atomic E-state index is 9.58. The van der Waals surface area contributed by atoms with Crippen molar-refractivity contribution in [2.75, 3.05) is 26.2 Å². The Hall–Kier alpha value is -3.92. The van der Waals surface area contributed by atoms with E-state index in [0.29, 0.717) is 53.6 Å². The van der Waals surface area contributed by atoms with Crippen molar-refractivity contribution in [3.8, 4) is 0 Å². The van der Waals surface area contributed by atoms with Gasteiger partial charge in [0.2, 0.25) is 0 Å². The molecule has 0 aliphatic carbocycles. The molecule has 2 aliphatic rings. The predicted octanol–water partition coefficient (Wildman–Crippen LogP) is 19.6. The van der Waals surface area contributed by atoms with Crippen LogP contribution in [0.15, 0.2) is 97.6 Å². The van der Waals surface area contributed by atoms with Crippen molar-refractivity contribution >= 4 is 29.0 Å². The molecule has 0 amide bonds. The molecule has 7 nitrogen and oxygen atoms in total. The molecule has 460 valence electrons. The van der Waals surface area contributed by atoms with Gasteiger partial charge < -0.3 is 89.7 Å². The van der Waals surface area contributed by atoms with E-state index in [0.717, 1.165) is 0 Å². The van der Waals surface area contributed by atoms with Gasteiger partial charge in [-0.3, -0.25) is 0 Å². The molecule has 4 aromatic carbocycles. The van der Waals surface area contributed by atoms with Gasteiger partial charge in [-0.2, -0.15) is 0 Å². The van der Waals surface area contributed by atoms with E-state index in [1.807, 2.05) is 0 Å². The summed E-state index contributed by atoms with van der Waals surface area (Å²) in [5, 5.41) is 15.8. The summed E-state index contributed by atoms with van der Waals surface area (Å²) in [4.78, 5) is 18.0. The standard InChI is InChI=1S/2C27H37N2.C3H7O2.C2H3O.2CF3.CH4.2CH3.2Au/c2*1-18(2)22-11-9-12-23(19(3)4)26(22)28-15-16-29(17-28)27-24(20(5)6)13-10-14-25(27)21(7)8;1-3(5)2-4;1-2-3;2*2-1(3)4;;;;;/h2*9-21H,1-8H3;3-5H,1-2H2;2H,1H2;;;1H4;2*1H3;;/q6*-1;;2*-1;;. The van der Waals surface area contributed by atoms with Crippen LogP contribution < -0.4 is 19.6 Å². The Bertz CT molecular complexity index is 1920. The van der Waals surface area contributed by atoms with E-state index < -0.39 is 19.5 Å². The molecule has 2 aliphatic heterocycles. The van der Waals surface area contributed by atoms with Gasteiger partial charge in [0.25, 0.3) is 0 Å². The Morgan fingerprint density at radius 1 is 0.443 bits per heavy atom. The van der Waals surface area contributed by atoms with Crippen molar-refractivity contribution in [2.45, 2.75) is 172 Å². The number of nitrogens with zero attached hydrogens (tertiary/aromatic N) is 4. The summed E-state index contributed by atoms with van der Waals surface area (Å²) >= 11 is 0. The maximum atomic E-state index is 9.58. The monoisotopic (exact) mass is 1470 g/mol. The van der Waals surface area contributed by atoms with Crippen LogP contribution in [0.5, 0.6) is 0 Å². The zero-order valence-electron chi connectivity index (χ0n) is 49.2. The summed E-state index contributed by atoms with van der Waals surface area (Å²) in [7, 11) is 0. The average Bonchev–Trinajstić information content (AvgIpc) is 4.02. The van der Waals surface area contributed by atoms with Crippen LogP contribution in [0.3, 0.4) is 0 Å².